The number of hydrogen-bond donors (Lipinski definition) is 7. The highest BCUT2D eigenvalue weighted by Crippen LogP contribution is 2.21. The van der Waals surface area contributed by atoms with Gasteiger partial charge in [-0.2, -0.15) is 0 Å². The molecule has 8 aromatic rings. The number of rotatable bonds is 16. The summed E-state index contributed by atoms with van der Waals surface area (Å²) in [7, 11) is 0. The summed E-state index contributed by atoms with van der Waals surface area (Å²) in [6.45, 7) is 2.15. The van der Waals surface area contributed by atoms with Gasteiger partial charge < -0.3 is 36.3 Å². The Labute approximate surface area is 342 Å². The number of amides is 2. The van der Waals surface area contributed by atoms with Gasteiger partial charge in [-0.05, 0) is 79.7 Å². The Hall–Kier alpha value is -8.19. The third-order valence-corrected chi connectivity index (χ3v) is 9.35. The summed E-state index contributed by atoms with van der Waals surface area (Å²) in [5.74, 6) is 2.30. The molecule has 60 heavy (non-hydrogen) atoms. The van der Waals surface area contributed by atoms with Gasteiger partial charge in [-0.1, -0.05) is 12.1 Å². The lowest BCUT2D eigenvalue weighted by Crippen LogP contribution is -2.31. The average molecular weight is 803 g/mol. The first kappa shape index (κ1) is 38.7. The smallest absolute Gasteiger partial charge is 0.251 e. The lowest BCUT2D eigenvalue weighted by molar-refractivity contribution is 0.0912. The molecule has 0 fully saturated rings. The molecule has 0 aliphatic rings. The maximum Gasteiger partial charge on any atom is 0.251 e. The number of aromatic amines is 2. The molecule has 6 heterocycles. The van der Waals surface area contributed by atoms with Crippen LogP contribution in [0.5, 0.6) is 0 Å². The van der Waals surface area contributed by atoms with Crippen molar-refractivity contribution in [3.8, 4) is 28.5 Å². The van der Waals surface area contributed by atoms with Gasteiger partial charge >= 0.3 is 0 Å². The molecule has 19 heteroatoms. The number of pyridine rings is 3. The molecule has 0 saturated carbocycles. The van der Waals surface area contributed by atoms with Crippen molar-refractivity contribution in [1.82, 2.24) is 70.7 Å². The summed E-state index contributed by atoms with van der Waals surface area (Å²) in [6, 6.07) is 23.6. The zero-order chi connectivity index (χ0) is 41.3. The molecule has 0 aliphatic carbocycles. The standard InChI is InChI=1S/C41H38N16O3/c1-25(48-40(59)28-4-2-6-30(18-28)44-21-35-50-37(54-52-35)26-10-14-42-15-11-26)39-56-47-24-57(39)32-8-9-33(46-20-32)34(23-58)49-41(60)29-5-3-7-31(19-29)45-22-36-51-38(55-53-36)27-12-16-43-17-13-27/h2-20,24-25,34,44-45,58H,21-23H2,1H3,(H,48,59)(H,49,60)(H,50,52,54)(H,51,53,55). The lowest BCUT2D eigenvalue weighted by Gasteiger charge is -2.18. The van der Waals surface area contributed by atoms with E-state index in [-0.39, 0.29) is 18.4 Å². The van der Waals surface area contributed by atoms with Crippen molar-refractivity contribution in [3.05, 3.63) is 157 Å². The molecule has 0 spiro atoms. The van der Waals surface area contributed by atoms with Crippen molar-refractivity contribution in [2.24, 2.45) is 0 Å². The number of aliphatic hydroxyl groups excluding tert-OH is 1. The Kier molecular flexibility index (Phi) is 11.6. The van der Waals surface area contributed by atoms with Crippen LogP contribution in [0.4, 0.5) is 11.4 Å². The van der Waals surface area contributed by atoms with Crippen LogP contribution in [-0.2, 0) is 13.1 Å². The normalized spacial score (nSPS) is 12.0. The van der Waals surface area contributed by atoms with Crippen LogP contribution in [0.15, 0.2) is 122 Å². The fourth-order valence-corrected chi connectivity index (χ4v) is 6.23. The van der Waals surface area contributed by atoms with Crippen LogP contribution < -0.4 is 21.3 Å². The van der Waals surface area contributed by atoms with E-state index in [1.165, 1.54) is 6.33 Å². The fraction of sp³-hybridized carbons (Fsp3) is 0.146. The molecule has 19 nitrogen and oxygen atoms in total. The van der Waals surface area contributed by atoms with E-state index >= 15 is 0 Å². The van der Waals surface area contributed by atoms with Gasteiger partial charge in [0, 0.05) is 58.4 Å². The predicted molar refractivity (Wildman–Crippen MR) is 219 cm³/mol. The number of H-pyrrole nitrogens is 2. The zero-order valence-corrected chi connectivity index (χ0v) is 32.1. The van der Waals surface area contributed by atoms with E-state index in [0.29, 0.717) is 70.4 Å². The monoisotopic (exact) mass is 802 g/mol. The topological polar surface area (TPSA) is 255 Å². The highest BCUT2D eigenvalue weighted by Gasteiger charge is 2.20. The Bertz CT molecular complexity index is 2680. The second-order valence-corrected chi connectivity index (χ2v) is 13.5. The van der Waals surface area contributed by atoms with Crippen LogP contribution in [-0.4, -0.2) is 83.6 Å². The maximum absolute atomic E-state index is 13.4. The van der Waals surface area contributed by atoms with Crippen molar-refractivity contribution in [1.29, 1.82) is 0 Å². The lowest BCUT2D eigenvalue weighted by atomic mass is 10.1. The maximum atomic E-state index is 13.4. The number of nitrogens with one attached hydrogen (secondary N) is 6. The van der Waals surface area contributed by atoms with Crippen LogP contribution in [0.2, 0.25) is 0 Å². The summed E-state index contributed by atoms with van der Waals surface area (Å²) >= 11 is 0. The second kappa shape index (κ2) is 17.9. The molecule has 8 rings (SSSR count). The van der Waals surface area contributed by atoms with Gasteiger partial charge in [-0.3, -0.25) is 29.1 Å². The molecule has 0 bridgehead atoms. The molecule has 300 valence electrons. The minimum absolute atomic E-state index is 0.304. The van der Waals surface area contributed by atoms with E-state index in [1.54, 1.807) is 84.1 Å². The van der Waals surface area contributed by atoms with Crippen LogP contribution in [0.1, 0.15) is 62.9 Å². The van der Waals surface area contributed by atoms with E-state index in [2.05, 4.69) is 76.8 Å². The predicted octanol–water partition coefficient (Wildman–Crippen LogP) is 4.20. The molecule has 2 atom stereocenters. The molecule has 2 amide bonds. The van der Waals surface area contributed by atoms with Gasteiger partial charge in [0.15, 0.2) is 17.5 Å². The first-order valence-electron chi connectivity index (χ1n) is 18.8. The Balaban J connectivity index is 0.854. The first-order chi connectivity index (χ1) is 29.4. The van der Waals surface area contributed by atoms with Crippen LogP contribution in [0.25, 0.3) is 28.5 Å². The number of aliphatic hydroxyl groups is 1. The summed E-state index contributed by atoms with van der Waals surface area (Å²) in [6.07, 6.45) is 9.86. The van der Waals surface area contributed by atoms with Gasteiger partial charge in [-0.25, -0.2) is 0 Å². The van der Waals surface area contributed by atoms with E-state index in [9.17, 15) is 14.7 Å². The van der Waals surface area contributed by atoms with Crippen LogP contribution in [0, 0.1) is 0 Å². The van der Waals surface area contributed by atoms with Gasteiger partial charge in [0.2, 0.25) is 0 Å². The van der Waals surface area contributed by atoms with Crippen LogP contribution in [0.3, 0.4) is 0 Å². The Morgan fingerprint density at radius 1 is 0.700 bits per heavy atom. The number of anilines is 2. The molecule has 0 saturated heterocycles. The molecule has 7 N–H and O–H groups in total. The van der Waals surface area contributed by atoms with Crippen molar-refractivity contribution in [2.75, 3.05) is 17.2 Å². The minimum Gasteiger partial charge on any atom is -0.394 e. The highest BCUT2D eigenvalue weighted by atomic mass is 16.3. The second-order valence-electron chi connectivity index (χ2n) is 13.5. The number of aromatic nitrogens is 12. The van der Waals surface area contributed by atoms with Crippen molar-refractivity contribution in [2.45, 2.75) is 32.1 Å². The van der Waals surface area contributed by atoms with Crippen LogP contribution >= 0.6 is 0 Å². The quantitative estimate of drug-likeness (QED) is 0.0723. The van der Waals surface area contributed by atoms with Crippen molar-refractivity contribution < 1.29 is 14.7 Å². The molecular formula is C41H38N16O3. The largest absolute Gasteiger partial charge is 0.394 e. The van der Waals surface area contributed by atoms with E-state index < -0.39 is 12.1 Å². The summed E-state index contributed by atoms with van der Waals surface area (Å²) < 4.78 is 1.71. The van der Waals surface area contributed by atoms with E-state index in [1.807, 2.05) is 43.3 Å². The van der Waals surface area contributed by atoms with Gasteiger partial charge in [0.05, 0.1) is 49.4 Å². The molecule has 0 aliphatic heterocycles. The summed E-state index contributed by atoms with van der Waals surface area (Å²) in [5, 5.41) is 47.8. The van der Waals surface area contributed by atoms with Crippen molar-refractivity contribution in [3.63, 3.8) is 0 Å². The molecule has 2 unspecified atom stereocenters. The molecule has 2 aromatic carbocycles. The zero-order valence-electron chi connectivity index (χ0n) is 32.1. The first-order valence-corrected chi connectivity index (χ1v) is 18.8. The summed E-state index contributed by atoms with van der Waals surface area (Å²) in [4.78, 5) is 45.6. The highest BCUT2D eigenvalue weighted by molar-refractivity contribution is 5.96. The minimum atomic E-state index is -0.784. The van der Waals surface area contributed by atoms with Gasteiger partial charge in [0.1, 0.15) is 18.0 Å². The van der Waals surface area contributed by atoms with Gasteiger partial charge in [-0.15, -0.1) is 30.6 Å². The molecule has 6 aromatic heterocycles. The number of hydrogen-bond acceptors (Lipinski definition) is 14. The van der Waals surface area contributed by atoms with Crippen molar-refractivity contribution >= 4 is 23.2 Å². The number of nitrogens with zero attached hydrogens (tertiary/aromatic N) is 10. The number of carbonyl (C=O) groups excluding carboxylic acids is 2. The van der Waals surface area contributed by atoms with E-state index in [0.717, 1.165) is 16.8 Å². The third-order valence-electron chi connectivity index (χ3n) is 9.35. The Morgan fingerprint density at radius 3 is 1.80 bits per heavy atom. The summed E-state index contributed by atoms with van der Waals surface area (Å²) in [5.41, 5.74) is 5.07. The number of benzene rings is 2. The Morgan fingerprint density at radius 2 is 1.27 bits per heavy atom. The SMILES string of the molecule is CC(NC(=O)c1cccc(NCc2nnc(-c3ccncc3)[nH]2)c1)c1nncn1-c1ccc(C(CO)NC(=O)c2cccc(NCc3nnc(-c4ccncc4)[nH]3)c2)nc1. The fourth-order valence-electron chi connectivity index (χ4n) is 6.23. The number of carbonyl (C=O) groups is 2. The molecular weight excluding hydrogens is 765 g/mol. The average Bonchev–Trinajstić information content (AvgIpc) is 4.10. The van der Waals surface area contributed by atoms with E-state index in [4.69, 9.17) is 0 Å². The van der Waals surface area contributed by atoms with Gasteiger partial charge in [0.25, 0.3) is 11.8 Å². The third kappa shape index (κ3) is 9.16. The molecule has 0 radical (unpaired) electrons.